The van der Waals surface area contributed by atoms with Crippen molar-refractivity contribution in [3.05, 3.63) is 35.4 Å². The number of nitrogens with zero attached hydrogens (tertiary/aromatic N) is 2. The Morgan fingerprint density at radius 3 is 2.44 bits per heavy atom. The van der Waals surface area contributed by atoms with E-state index < -0.39 is 0 Å². The summed E-state index contributed by atoms with van der Waals surface area (Å²) in [6.07, 6.45) is 1.30. The van der Waals surface area contributed by atoms with E-state index in [2.05, 4.69) is 6.07 Å². The molecule has 1 saturated carbocycles. The molecule has 1 aliphatic heterocycles. The summed E-state index contributed by atoms with van der Waals surface area (Å²) in [6, 6.07) is 8.93. The van der Waals surface area contributed by atoms with Crippen molar-refractivity contribution in [2.75, 3.05) is 13.1 Å². The Morgan fingerprint density at radius 1 is 1.25 bits per heavy atom. The number of fused-ring (bicyclic) bond motifs is 1. The van der Waals surface area contributed by atoms with Gasteiger partial charge in [0.25, 0.3) is 5.91 Å². The molecular formula is C13H12N2O. The van der Waals surface area contributed by atoms with Crippen LogP contribution in [0.15, 0.2) is 24.3 Å². The van der Waals surface area contributed by atoms with Crippen LogP contribution in [0.4, 0.5) is 0 Å². The van der Waals surface area contributed by atoms with Crippen LogP contribution in [0.25, 0.3) is 0 Å². The van der Waals surface area contributed by atoms with Gasteiger partial charge in [-0.05, 0) is 42.5 Å². The lowest BCUT2D eigenvalue weighted by molar-refractivity contribution is 0.0775. The highest BCUT2D eigenvalue weighted by Crippen LogP contribution is 2.45. The fraction of sp³-hybridized carbons (Fsp3) is 0.385. The molecule has 16 heavy (non-hydrogen) atoms. The standard InChI is InChI=1S/C13H12N2O/c14-6-9-1-3-10(4-2-9)13(16)15-7-11-5-12(11)8-15/h1-4,11-12H,5,7-8H2. The number of rotatable bonds is 1. The molecule has 1 aromatic carbocycles. The van der Waals surface area contributed by atoms with E-state index in [-0.39, 0.29) is 5.91 Å². The lowest BCUT2D eigenvalue weighted by atomic mass is 10.1. The molecule has 0 radical (unpaired) electrons. The van der Waals surface area contributed by atoms with Crippen molar-refractivity contribution in [3.8, 4) is 6.07 Å². The Kier molecular flexibility index (Phi) is 1.97. The van der Waals surface area contributed by atoms with Crippen LogP contribution in [0.5, 0.6) is 0 Å². The van der Waals surface area contributed by atoms with Crippen LogP contribution in [-0.4, -0.2) is 23.9 Å². The number of nitriles is 1. The van der Waals surface area contributed by atoms with Gasteiger partial charge in [0.2, 0.25) is 0 Å². The second kappa shape index (κ2) is 3.34. The molecule has 0 bridgehead atoms. The Balaban J connectivity index is 1.76. The van der Waals surface area contributed by atoms with Gasteiger partial charge in [-0.2, -0.15) is 5.26 Å². The first-order chi connectivity index (χ1) is 7.78. The SMILES string of the molecule is N#Cc1ccc(C(=O)N2CC3CC3C2)cc1. The zero-order valence-electron chi connectivity index (χ0n) is 8.89. The molecule has 3 rings (SSSR count). The Hall–Kier alpha value is -1.82. The first-order valence-corrected chi connectivity index (χ1v) is 5.57. The highest BCUT2D eigenvalue weighted by Gasteiger charge is 2.46. The van der Waals surface area contributed by atoms with Gasteiger partial charge in [0.15, 0.2) is 0 Å². The highest BCUT2D eigenvalue weighted by molar-refractivity contribution is 5.94. The summed E-state index contributed by atoms with van der Waals surface area (Å²) in [5.74, 6) is 1.64. The fourth-order valence-electron chi connectivity index (χ4n) is 2.43. The minimum atomic E-state index is 0.108. The van der Waals surface area contributed by atoms with Crippen LogP contribution in [-0.2, 0) is 0 Å². The third kappa shape index (κ3) is 1.47. The molecule has 80 valence electrons. The summed E-state index contributed by atoms with van der Waals surface area (Å²) in [5.41, 5.74) is 1.29. The van der Waals surface area contributed by atoms with Crippen LogP contribution in [0, 0.1) is 23.2 Å². The van der Waals surface area contributed by atoms with Crippen molar-refractivity contribution in [1.82, 2.24) is 4.90 Å². The lowest BCUT2D eigenvalue weighted by Crippen LogP contribution is -2.30. The van der Waals surface area contributed by atoms with Gasteiger partial charge in [-0.3, -0.25) is 4.79 Å². The van der Waals surface area contributed by atoms with Crippen LogP contribution in [0.3, 0.4) is 0 Å². The third-order valence-electron chi connectivity index (χ3n) is 3.53. The molecule has 0 N–H and O–H groups in total. The highest BCUT2D eigenvalue weighted by atomic mass is 16.2. The molecular weight excluding hydrogens is 200 g/mol. The lowest BCUT2D eigenvalue weighted by Gasteiger charge is -2.17. The number of carbonyl (C=O) groups is 1. The van der Waals surface area contributed by atoms with Gasteiger partial charge in [-0.15, -0.1) is 0 Å². The van der Waals surface area contributed by atoms with E-state index in [1.165, 1.54) is 6.42 Å². The summed E-state index contributed by atoms with van der Waals surface area (Å²) in [7, 11) is 0. The summed E-state index contributed by atoms with van der Waals surface area (Å²) >= 11 is 0. The van der Waals surface area contributed by atoms with Crippen molar-refractivity contribution in [2.45, 2.75) is 6.42 Å². The van der Waals surface area contributed by atoms with Gasteiger partial charge in [-0.25, -0.2) is 0 Å². The normalized spacial score (nSPS) is 26.1. The molecule has 1 heterocycles. The minimum Gasteiger partial charge on any atom is -0.338 e. The first kappa shape index (κ1) is 9.41. The van der Waals surface area contributed by atoms with Crippen molar-refractivity contribution in [2.24, 2.45) is 11.8 Å². The molecule has 2 fully saturated rings. The fourth-order valence-corrected chi connectivity index (χ4v) is 2.43. The zero-order valence-corrected chi connectivity index (χ0v) is 8.89. The number of likely N-dealkylation sites (tertiary alicyclic amines) is 1. The molecule has 0 aromatic heterocycles. The maximum atomic E-state index is 12.1. The molecule has 3 nitrogen and oxygen atoms in total. The predicted octanol–water partition coefficient (Wildman–Crippen LogP) is 1.65. The number of amides is 1. The maximum Gasteiger partial charge on any atom is 0.253 e. The summed E-state index contributed by atoms with van der Waals surface area (Å²) in [6.45, 7) is 1.84. The molecule has 1 aliphatic carbocycles. The van der Waals surface area contributed by atoms with Crippen molar-refractivity contribution >= 4 is 5.91 Å². The molecule has 3 heteroatoms. The largest absolute Gasteiger partial charge is 0.338 e. The molecule has 1 saturated heterocycles. The summed E-state index contributed by atoms with van der Waals surface area (Å²) in [4.78, 5) is 14.0. The Labute approximate surface area is 94.3 Å². The number of carbonyl (C=O) groups excluding carboxylic acids is 1. The Bertz CT molecular complexity index is 462. The van der Waals surface area contributed by atoms with E-state index in [1.54, 1.807) is 24.3 Å². The molecule has 2 atom stereocenters. The van der Waals surface area contributed by atoms with Crippen LogP contribution in [0.2, 0.25) is 0 Å². The average Bonchev–Trinajstić information content (AvgIpc) is 2.95. The van der Waals surface area contributed by atoms with Gasteiger partial charge in [-0.1, -0.05) is 0 Å². The monoisotopic (exact) mass is 212 g/mol. The van der Waals surface area contributed by atoms with E-state index in [1.807, 2.05) is 4.90 Å². The average molecular weight is 212 g/mol. The second-order valence-corrected chi connectivity index (χ2v) is 4.66. The molecule has 1 aromatic rings. The third-order valence-corrected chi connectivity index (χ3v) is 3.53. The number of benzene rings is 1. The second-order valence-electron chi connectivity index (χ2n) is 4.66. The van der Waals surface area contributed by atoms with Gasteiger partial charge in [0.1, 0.15) is 0 Å². The predicted molar refractivity (Wildman–Crippen MR) is 58.7 cm³/mol. The molecule has 2 unspecified atom stereocenters. The van der Waals surface area contributed by atoms with Gasteiger partial charge in [0, 0.05) is 18.7 Å². The number of piperidine rings is 1. The summed E-state index contributed by atoms with van der Waals surface area (Å²) < 4.78 is 0. The topological polar surface area (TPSA) is 44.1 Å². The number of hydrogen-bond donors (Lipinski definition) is 0. The van der Waals surface area contributed by atoms with Gasteiger partial charge < -0.3 is 4.90 Å². The van der Waals surface area contributed by atoms with Gasteiger partial charge in [0.05, 0.1) is 11.6 Å². The van der Waals surface area contributed by atoms with Crippen LogP contribution in [0.1, 0.15) is 22.3 Å². The van der Waals surface area contributed by atoms with E-state index in [0.29, 0.717) is 11.1 Å². The molecule has 2 aliphatic rings. The molecule has 1 amide bonds. The molecule has 0 spiro atoms. The van der Waals surface area contributed by atoms with Crippen molar-refractivity contribution in [1.29, 1.82) is 5.26 Å². The van der Waals surface area contributed by atoms with E-state index >= 15 is 0 Å². The smallest absolute Gasteiger partial charge is 0.253 e. The quantitative estimate of drug-likeness (QED) is 0.710. The van der Waals surface area contributed by atoms with E-state index in [0.717, 1.165) is 24.9 Å². The first-order valence-electron chi connectivity index (χ1n) is 5.57. The van der Waals surface area contributed by atoms with E-state index in [4.69, 9.17) is 5.26 Å². The van der Waals surface area contributed by atoms with Crippen molar-refractivity contribution < 1.29 is 4.79 Å². The van der Waals surface area contributed by atoms with Crippen molar-refractivity contribution in [3.63, 3.8) is 0 Å². The minimum absolute atomic E-state index is 0.108. The van der Waals surface area contributed by atoms with Gasteiger partial charge >= 0.3 is 0 Å². The maximum absolute atomic E-state index is 12.1. The van der Waals surface area contributed by atoms with Crippen LogP contribution < -0.4 is 0 Å². The zero-order chi connectivity index (χ0) is 11.1. The van der Waals surface area contributed by atoms with Crippen LogP contribution >= 0.6 is 0 Å². The Morgan fingerprint density at radius 2 is 1.88 bits per heavy atom. The number of hydrogen-bond acceptors (Lipinski definition) is 2. The van der Waals surface area contributed by atoms with E-state index in [9.17, 15) is 4.79 Å². The summed E-state index contributed by atoms with van der Waals surface area (Å²) in [5, 5.41) is 8.67.